The van der Waals surface area contributed by atoms with Gasteiger partial charge in [0.25, 0.3) is 5.91 Å². The molecule has 0 aliphatic carbocycles. The second-order valence-electron chi connectivity index (χ2n) is 4.62. The number of aryl methyl sites for hydroxylation is 2. The molecule has 0 aliphatic rings. The lowest BCUT2D eigenvalue weighted by Gasteiger charge is -2.09. The molecule has 0 aliphatic heterocycles. The molecule has 110 valence electrons. The van der Waals surface area contributed by atoms with Crippen molar-refractivity contribution < 1.29 is 9.59 Å². The summed E-state index contributed by atoms with van der Waals surface area (Å²) in [5, 5.41) is 7.27. The molecule has 0 saturated carbocycles. The van der Waals surface area contributed by atoms with Crippen molar-refractivity contribution in [2.75, 3.05) is 11.9 Å². The first-order valence-corrected chi connectivity index (χ1v) is 8.03. The van der Waals surface area contributed by atoms with E-state index < -0.39 is 0 Å². The highest BCUT2D eigenvalue weighted by molar-refractivity contribution is 9.10. The summed E-state index contributed by atoms with van der Waals surface area (Å²) in [5.41, 5.74) is 2.62. The van der Waals surface area contributed by atoms with E-state index >= 15 is 0 Å². The smallest absolute Gasteiger partial charge is 0.262 e. The van der Waals surface area contributed by atoms with E-state index in [1.807, 2.05) is 43.5 Å². The van der Waals surface area contributed by atoms with Crippen molar-refractivity contribution in [1.82, 2.24) is 5.32 Å². The molecule has 1 aromatic carbocycles. The van der Waals surface area contributed by atoms with Gasteiger partial charge in [-0.15, -0.1) is 11.3 Å². The van der Waals surface area contributed by atoms with Crippen LogP contribution in [-0.4, -0.2) is 18.4 Å². The fraction of sp³-hybridized carbons (Fsp3) is 0.200. The summed E-state index contributed by atoms with van der Waals surface area (Å²) in [6.07, 6.45) is 0. The Hall–Kier alpha value is -1.66. The molecule has 2 amide bonds. The Balaban J connectivity index is 1.90. The first kappa shape index (κ1) is 15.7. The lowest BCUT2D eigenvalue weighted by Crippen LogP contribution is -2.32. The summed E-state index contributed by atoms with van der Waals surface area (Å²) in [6.45, 7) is 3.73. The first-order chi connectivity index (χ1) is 9.97. The first-order valence-electron chi connectivity index (χ1n) is 6.35. The van der Waals surface area contributed by atoms with Gasteiger partial charge in [-0.05, 0) is 54.6 Å². The fourth-order valence-corrected chi connectivity index (χ4v) is 3.12. The van der Waals surface area contributed by atoms with Gasteiger partial charge in [0.15, 0.2) is 0 Å². The maximum absolute atomic E-state index is 11.9. The molecule has 0 atom stereocenters. The third-order valence-corrected chi connectivity index (χ3v) is 4.45. The van der Waals surface area contributed by atoms with E-state index in [1.165, 1.54) is 11.3 Å². The number of amides is 2. The molecule has 1 heterocycles. The van der Waals surface area contributed by atoms with Crippen LogP contribution in [0.1, 0.15) is 20.8 Å². The number of benzene rings is 1. The van der Waals surface area contributed by atoms with Gasteiger partial charge in [-0.25, -0.2) is 0 Å². The summed E-state index contributed by atoms with van der Waals surface area (Å²) in [5.74, 6) is -0.465. The second kappa shape index (κ2) is 6.87. The second-order valence-corrected chi connectivity index (χ2v) is 6.45. The summed E-state index contributed by atoms with van der Waals surface area (Å²) >= 11 is 4.74. The van der Waals surface area contributed by atoms with Gasteiger partial charge in [0.05, 0.1) is 11.4 Å². The van der Waals surface area contributed by atoms with E-state index in [4.69, 9.17) is 0 Å². The van der Waals surface area contributed by atoms with Crippen LogP contribution in [0.2, 0.25) is 0 Å². The highest BCUT2D eigenvalue weighted by Crippen LogP contribution is 2.20. The number of rotatable bonds is 4. The van der Waals surface area contributed by atoms with E-state index in [9.17, 15) is 9.59 Å². The van der Waals surface area contributed by atoms with Gasteiger partial charge >= 0.3 is 0 Å². The minimum atomic E-state index is -0.247. The van der Waals surface area contributed by atoms with Crippen LogP contribution in [0.25, 0.3) is 0 Å². The third kappa shape index (κ3) is 4.15. The SMILES string of the molecule is Cc1cc(Br)ccc1NC(=O)CNC(=O)c1sccc1C. The molecule has 0 bridgehead atoms. The fourth-order valence-electron chi connectivity index (χ4n) is 1.81. The van der Waals surface area contributed by atoms with Crippen LogP contribution >= 0.6 is 27.3 Å². The zero-order valence-electron chi connectivity index (χ0n) is 11.7. The molecule has 0 unspecified atom stereocenters. The average molecular weight is 367 g/mol. The number of hydrogen-bond acceptors (Lipinski definition) is 3. The maximum Gasteiger partial charge on any atom is 0.262 e. The monoisotopic (exact) mass is 366 g/mol. The summed E-state index contributed by atoms with van der Waals surface area (Å²) in [7, 11) is 0. The van der Waals surface area contributed by atoms with E-state index in [0.29, 0.717) is 4.88 Å². The minimum absolute atomic E-state index is 0.0499. The van der Waals surface area contributed by atoms with Gasteiger partial charge in [-0.1, -0.05) is 15.9 Å². The molecule has 1 aromatic heterocycles. The molecule has 0 radical (unpaired) electrons. The predicted molar refractivity (Wildman–Crippen MR) is 88.9 cm³/mol. The predicted octanol–water partition coefficient (Wildman–Crippen LogP) is 3.50. The van der Waals surface area contributed by atoms with Gasteiger partial charge in [0.1, 0.15) is 0 Å². The highest BCUT2D eigenvalue weighted by atomic mass is 79.9. The Morgan fingerprint density at radius 1 is 1.19 bits per heavy atom. The van der Waals surface area contributed by atoms with Gasteiger partial charge in [-0.2, -0.15) is 0 Å². The van der Waals surface area contributed by atoms with Crippen molar-refractivity contribution in [3.63, 3.8) is 0 Å². The average Bonchev–Trinajstić information content (AvgIpc) is 2.85. The van der Waals surface area contributed by atoms with Crippen LogP contribution in [0.3, 0.4) is 0 Å². The molecule has 0 fully saturated rings. The minimum Gasteiger partial charge on any atom is -0.342 e. The summed E-state index contributed by atoms with van der Waals surface area (Å²) in [4.78, 5) is 24.4. The Morgan fingerprint density at radius 2 is 1.95 bits per heavy atom. The molecular formula is C15H15BrN2O2S. The van der Waals surface area contributed by atoms with Crippen LogP contribution in [0.5, 0.6) is 0 Å². The number of thiophene rings is 1. The molecule has 6 heteroatoms. The Labute approximate surface area is 135 Å². The number of halogens is 1. The van der Waals surface area contributed by atoms with Crippen molar-refractivity contribution in [2.24, 2.45) is 0 Å². The van der Waals surface area contributed by atoms with E-state index in [1.54, 1.807) is 0 Å². The van der Waals surface area contributed by atoms with E-state index in [-0.39, 0.29) is 18.4 Å². The number of anilines is 1. The normalized spacial score (nSPS) is 10.2. The molecule has 4 nitrogen and oxygen atoms in total. The topological polar surface area (TPSA) is 58.2 Å². The van der Waals surface area contributed by atoms with Gasteiger partial charge < -0.3 is 10.6 Å². The molecular weight excluding hydrogens is 352 g/mol. The van der Waals surface area contributed by atoms with Crippen molar-refractivity contribution in [2.45, 2.75) is 13.8 Å². The van der Waals surface area contributed by atoms with Crippen molar-refractivity contribution in [3.05, 3.63) is 50.1 Å². The lowest BCUT2D eigenvalue weighted by atomic mass is 10.2. The van der Waals surface area contributed by atoms with Crippen molar-refractivity contribution >= 4 is 44.8 Å². The van der Waals surface area contributed by atoms with E-state index in [2.05, 4.69) is 26.6 Å². The lowest BCUT2D eigenvalue weighted by molar-refractivity contribution is -0.115. The standard InChI is InChI=1S/C15H15BrN2O2S/c1-9-5-6-21-14(9)15(20)17-8-13(19)18-12-4-3-11(16)7-10(12)2/h3-7H,8H2,1-2H3,(H,17,20)(H,18,19). The Kier molecular flexibility index (Phi) is 5.14. The molecule has 0 saturated heterocycles. The van der Waals surface area contributed by atoms with Crippen molar-refractivity contribution in [3.8, 4) is 0 Å². The zero-order chi connectivity index (χ0) is 15.4. The van der Waals surface area contributed by atoms with E-state index in [0.717, 1.165) is 21.3 Å². The van der Waals surface area contributed by atoms with Crippen molar-refractivity contribution in [1.29, 1.82) is 0 Å². The number of nitrogens with one attached hydrogen (secondary N) is 2. The molecule has 21 heavy (non-hydrogen) atoms. The van der Waals surface area contributed by atoms with Gasteiger partial charge in [-0.3, -0.25) is 9.59 Å². The molecule has 2 rings (SSSR count). The Bertz CT molecular complexity index is 682. The van der Waals surface area contributed by atoms with Crippen LogP contribution in [-0.2, 0) is 4.79 Å². The quantitative estimate of drug-likeness (QED) is 0.869. The van der Waals surface area contributed by atoms with Crippen LogP contribution in [0.4, 0.5) is 5.69 Å². The Morgan fingerprint density at radius 3 is 2.57 bits per heavy atom. The molecule has 2 aromatic rings. The molecule has 0 spiro atoms. The van der Waals surface area contributed by atoms with Gasteiger partial charge in [0.2, 0.25) is 5.91 Å². The number of carbonyl (C=O) groups excluding carboxylic acids is 2. The highest BCUT2D eigenvalue weighted by Gasteiger charge is 2.12. The largest absolute Gasteiger partial charge is 0.342 e. The number of hydrogen-bond donors (Lipinski definition) is 2. The maximum atomic E-state index is 11.9. The van der Waals surface area contributed by atoms with Crippen LogP contribution < -0.4 is 10.6 Å². The number of carbonyl (C=O) groups is 2. The summed E-state index contributed by atoms with van der Waals surface area (Å²) in [6, 6.07) is 7.48. The molecule has 2 N–H and O–H groups in total. The van der Waals surface area contributed by atoms with Gasteiger partial charge in [0, 0.05) is 10.2 Å². The van der Waals surface area contributed by atoms with Crippen LogP contribution in [0.15, 0.2) is 34.1 Å². The van der Waals surface area contributed by atoms with Crippen LogP contribution in [0, 0.1) is 13.8 Å². The zero-order valence-corrected chi connectivity index (χ0v) is 14.1. The third-order valence-electron chi connectivity index (χ3n) is 2.94. The summed E-state index contributed by atoms with van der Waals surface area (Å²) < 4.78 is 0.958.